The van der Waals surface area contributed by atoms with Gasteiger partial charge >= 0.3 is 0 Å². The maximum absolute atomic E-state index is 14.5. The standard InChI is InChI=1S/C28H28FN7O2/c1-35(27(30)31)28-32-12-11-25(34-28)38-24-10-9-23(21-7-3-4-8-22(21)24)33-26(37)18-15-19(29)17-20(16-18)36-13-5-2-6-14-36/h3-4,7-12,15-17H,2,5-6,13-14H2,1H3,(H3,30,31)(H,33,37). The molecule has 4 aromatic rings. The third-order valence-electron chi connectivity index (χ3n) is 6.49. The van der Waals surface area contributed by atoms with Crippen LogP contribution in [0, 0.1) is 11.2 Å². The highest BCUT2D eigenvalue weighted by Crippen LogP contribution is 2.34. The molecule has 4 N–H and O–H groups in total. The SMILES string of the molecule is CN(C(=N)N)c1nccc(Oc2ccc(NC(=O)c3cc(F)cc(N4CCCCC4)c3)c3ccccc23)n1. The van der Waals surface area contributed by atoms with E-state index < -0.39 is 11.7 Å². The van der Waals surface area contributed by atoms with Crippen molar-refractivity contribution in [3.8, 4) is 11.6 Å². The Hall–Kier alpha value is -4.73. The van der Waals surface area contributed by atoms with Gasteiger partial charge in [0.1, 0.15) is 11.6 Å². The lowest BCUT2D eigenvalue weighted by atomic mass is 10.1. The minimum absolute atomic E-state index is 0.200. The molecule has 1 saturated heterocycles. The third-order valence-corrected chi connectivity index (χ3v) is 6.49. The quantitative estimate of drug-likeness (QED) is 0.241. The fourth-order valence-corrected chi connectivity index (χ4v) is 4.48. The van der Waals surface area contributed by atoms with Crippen molar-refractivity contribution in [3.63, 3.8) is 0 Å². The first kappa shape index (κ1) is 24.9. The fourth-order valence-electron chi connectivity index (χ4n) is 4.48. The first-order valence-electron chi connectivity index (χ1n) is 12.4. The predicted molar refractivity (Wildman–Crippen MR) is 147 cm³/mol. The molecule has 3 aromatic carbocycles. The summed E-state index contributed by atoms with van der Waals surface area (Å²) in [7, 11) is 1.59. The first-order valence-corrected chi connectivity index (χ1v) is 12.4. The van der Waals surface area contributed by atoms with Crippen LogP contribution < -0.4 is 25.6 Å². The van der Waals surface area contributed by atoms with Crippen LogP contribution in [0.4, 0.5) is 21.7 Å². The second kappa shape index (κ2) is 10.7. The fraction of sp³-hybridized carbons (Fsp3) is 0.214. The van der Waals surface area contributed by atoms with E-state index in [2.05, 4.69) is 20.2 Å². The largest absolute Gasteiger partial charge is 0.438 e. The van der Waals surface area contributed by atoms with Crippen molar-refractivity contribution in [3.05, 3.63) is 78.2 Å². The van der Waals surface area contributed by atoms with Gasteiger partial charge in [0.25, 0.3) is 5.91 Å². The second-order valence-corrected chi connectivity index (χ2v) is 9.10. The number of fused-ring (bicyclic) bond motifs is 1. The van der Waals surface area contributed by atoms with Gasteiger partial charge in [-0.2, -0.15) is 4.98 Å². The lowest BCUT2D eigenvalue weighted by molar-refractivity contribution is 0.102. The van der Waals surface area contributed by atoms with E-state index in [0.29, 0.717) is 11.4 Å². The van der Waals surface area contributed by atoms with Crippen LogP contribution >= 0.6 is 0 Å². The molecule has 1 aliphatic rings. The summed E-state index contributed by atoms with van der Waals surface area (Å²) < 4.78 is 20.5. The van der Waals surface area contributed by atoms with E-state index in [0.717, 1.165) is 42.4 Å². The number of amides is 1. The van der Waals surface area contributed by atoms with Gasteiger partial charge < -0.3 is 20.7 Å². The molecule has 38 heavy (non-hydrogen) atoms. The first-order chi connectivity index (χ1) is 18.4. The van der Waals surface area contributed by atoms with E-state index in [1.54, 1.807) is 31.3 Å². The molecular formula is C28H28FN7O2. The summed E-state index contributed by atoms with van der Waals surface area (Å²) in [5.41, 5.74) is 7.09. The average Bonchev–Trinajstić information content (AvgIpc) is 2.94. The molecule has 194 valence electrons. The Labute approximate surface area is 219 Å². The van der Waals surface area contributed by atoms with Crippen molar-refractivity contribution in [1.29, 1.82) is 5.41 Å². The van der Waals surface area contributed by atoms with Crippen LogP contribution in [0.15, 0.2) is 66.9 Å². The number of piperidine rings is 1. The zero-order valence-electron chi connectivity index (χ0n) is 20.9. The van der Waals surface area contributed by atoms with Gasteiger partial charge in [-0.15, -0.1) is 0 Å². The molecule has 2 heterocycles. The molecule has 1 fully saturated rings. The number of hydrogen-bond acceptors (Lipinski definition) is 6. The summed E-state index contributed by atoms with van der Waals surface area (Å²) in [5.74, 6) is -0.0149. The highest BCUT2D eigenvalue weighted by molar-refractivity contribution is 6.10. The predicted octanol–water partition coefficient (Wildman–Crippen LogP) is 5.13. The van der Waals surface area contributed by atoms with E-state index >= 15 is 0 Å². The van der Waals surface area contributed by atoms with E-state index in [4.69, 9.17) is 15.9 Å². The summed E-state index contributed by atoms with van der Waals surface area (Å²) in [6.45, 7) is 1.71. The zero-order chi connectivity index (χ0) is 26.6. The highest BCUT2D eigenvalue weighted by Gasteiger charge is 2.17. The summed E-state index contributed by atoms with van der Waals surface area (Å²) in [5, 5.41) is 12.0. The Bertz CT molecular complexity index is 1500. The maximum atomic E-state index is 14.5. The van der Waals surface area contributed by atoms with Gasteiger partial charge in [-0.25, -0.2) is 9.37 Å². The molecule has 0 spiro atoms. The molecule has 5 rings (SSSR count). The maximum Gasteiger partial charge on any atom is 0.255 e. The number of guanidine groups is 1. The summed E-state index contributed by atoms with van der Waals surface area (Å²) in [6, 6.07) is 17.0. The number of carbonyl (C=O) groups is 1. The minimum Gasteiger partial charge on any atom is -0.438 e. The van der Waals surface area contributed by atoms with Crippen LogP contribution in [0.5, 0.6) is 11.6 Å². The molecule has 0 atom stereocenters. The van der Waals surface area contributed by atoms with E-state index in [1.807, 2.05) is 24.3 Å². The molecule has 1 amide bonds. The van der Waals surface area contributed by atoms with Crippen LogP contribution in [-0.2, 0) is 0 Å². The van der Waals surface area contributed by atoms with Gasteiger partial charge in [-0.3, -0.25) is 15.1 Å². The van der Waals surface area contributed by atoms with Crippen LogP contribution in [0.25, 0.3) is 10.8 Å². The van der Waals surface area contributed by atoms with Crippen molar-refractivity contribution >= 4 is 40.0 Å². The van der Waals surface area contributed by atoms with Crippen LogP contribution in [0.1, 0.15) is 29.6 Å². The molecule has 0 unspecified atom stereocenters. The molecule has 0 radical (unpaired) electrons. The van der Waals surface area contributed by atoms with Gasteiger partial charge in [0.05, 0.1) is 0 Å². The number of nitrogens with one attached hydrogen (secondary N) is 2. The number of carbonyl (C=O) groups excluding carboxylic acids is 1. The number of aromatic nitrogens is 2. The van der Waals surface area contributed by atoms with Gasteiger partial charge in [0.2, 0.25) is 11.8 Å². The number of anilines is 3. The van der Waals surface area contributed by atoms with E-state index in [1.165, 1.54) is 29.7 Å². The Morgan fingerprint density at radius 2 is 1.84 bits per heavy atom. The average molecular weight is 514 g/mol. The van der Waals surface area contributed by atoms with Crippen LogP contribution in [0.3, 0.4) is 0 Å². The van der Waals surface area contributed by atoms with Crippen molar-refractivity contribution < 1.29 is 13.9 Å². The minimum atomic E-state index is -0.438. The molecule has 1 aromatic heterocycles. The number of benzene rings is 3. The lowest BCUT2D eigenvalue weighted by Gasteiger charge is -2.29. The van der Waals surface area contributed by atoms with Gasteiger partial charge in [0.15, 0.2) is 5.96 Å². The number of hydrogen-bond donors (Lipinski definition) is 3. The van der Waals surface area contributed by atoms with E-state index in [9.17, 15) is 9.18 Å². The number of rotatable bonds is 6. The Morgan fingerprint density at radius 3 is 2.61 bits per heavy atom. The van der Waals surface area contributed by atoms with Crippen molar-refractivity contribution in [2.45, 2.75) is 19.3 Å². The molecule has 0 saturated carbocycles. The number of nitrogens with zero attached hydrogens (tertiary/aromatic N) is 4. The molecular weight excluding hydrogens is 485 g/mol. The number of nitrogens with two attached hydrogens (primary N) is 1. The number of halogens is 1. The summed E-state index contributed by atoms with van der Waals surface area (Å²) in [4.78, 5) is 25.1. The van der Waals surface area contributed by atoms with E-state index in [-0.39, 0.29) is 23.4 Å². The summed E-state index contributed by atoms with van der Waals surface area (Å²) >= 11 is 0. The third kappa shape index (κ3) is 5.34. The zero-order valence-corrected chi connectivity index (χ0v) is 20.9. The Morgan fingerprint density at radius 1 is 1.08 bits per heavy atom. The van der Waals surface area contributed by atoms with Gasteiger partial charge in [0, 0.05) is 60.1 Å². The van der Waals surface area contributed by atoms with Crippen LogP contribution in [-0.4, -0.2) is 42.0 Å². The molecule has 0 aliphatic carbocycles. The van der Waals surface area contributed by atoms with Gasteiger partial charge in [-0.05, 0) is 49.6 Å². The monoisotopic (exact) mass is 513 g/mol. The number of ether oxygens (including phenoxy) is 1. The molecule has 0 bridgehead atoms. The highest BCUT2D eigenvalue weighted by atomic mass is 19.1. The normalized spacial score (nSPS) is 13.3. The lowest BCUT2D eigenvalue weighted by Crippen LogP contribution is -2.33. The Balaban J connectivity index is 1.41. The second-order valence-electron chi connectivity index (χ2n) is 9.10. The van der Waals surface area contributed by atoms with Crippen molar-refractivity contribution in [1.82, 2.24) is 9.97 Å². The van der Waals surface area contributed by atoms with Crippen molar-refractivity contribution in [2.24, 2.45) is 5.73 Å². The van der Waals surface area contributed by atoms with Crippen molar-refractivity contribution in [2.75, 3.05) is 35.3 Å². The smallest absolute Gasteiger partial charge is 0.255 e. The molecule has 1 aliphatic heterocycles. The molecule has 9 nitrogen and oxygen atoms in total. The van der Waals surface area contributed by atoms with Gasteiger partial charge in [-0.1, -0.05) is 24.3 Å². The topological polar surface area (TPSA) is 120 Å². The molecule has 10 heteroatoms. The Kier molecular flexibility index (Phi) is 7.03. The summed E-state index contributed by atoms with van der Waals surface area (Å²) in [6.07, 6.45) is 4.80. The van der Waals surface area contributed by atoms with Crippen LogP contribution in [0.2, 0.25) is 0 Å².